The summed E-state index contributed by atoms with van der Waals surface area (Å²) < 4.78 is 11.0. The second-order valence-corrected chi connectivity index (χ2v) is 8.04. The molecule has 120 valence electrons. The van der Waals surface area contributed by atoms with Gasteiger partial charge in [0, 0.05) is 5.54 Å². The Balaban J connectivity index is 2.30. The fraction of sp³-hybridized carbons (Fsp3) is 0.688. The van der Waals surface area contributed by atoms with Crippen molar-refractivity contribution in [3.63, 3.8) is 0 Å². The zero-order valence-electron chi connectivity index (χ0n) is 13.9. The van der Waals surface area contributed by atoms with Gasteiger partial charge in [-0.1, -0.05) is 0 Å². The quantitative estimate of drug-likeness (QED) is 0.811. The number of rotatable bonds is 6. The molecule has 0 fully saturated rings. The molecule has 0 saturated heterocycles. The highest BCUT2D eigenvalue weighted by Crippen LogP contribution is 2.17. The van der Waals surface area contributed by atoms with Crippen LogP contribution < -0.4 is 5.32 Å². The maximum atomic E-state index is 11.6. The average Bonchev–Trinajstić information content (AvgIpc) is 2.71. The van der Waals surface area contributed by atoms with Gasteiger partial charge in [0.25, 0.3) is 0 Å². The lowest BCUT2D eigenvalue weighted by atomic mass is 10.1. The Morgan fingerprint density at radius 1 is 1.19 bits per heavy atom. The summed E-state index contributed by atoms with van der Waals surface area (Å²) in [6.07, 6.45) is 0. The van der Waals surface area contributed by atoms with Crippen molar-refractivity contribution in [1.29, 1.82) is 0 Å². The molecule has 5 heteroatoms. The van der Waals surface area contributed by atoms with E-state index in [1.165, 1.54) is 11.8 Å². The number of ether oxygens (including phenoxy) is 1. The molecule has 0 radical (unpaired) electrons. The van der Waals surface area contributed by atoms with Gasteiger partial charge in [-0.05, 0) is 53.7 Å². The number of nitrogens with one attached hydrogen (secondary N) is 1. The summed E-state index contributed by atoms with van der Waals surface area (Å²) >= 11 is 1.50. The molecule has 0 amide bonds. The van der Waals surface area contributed by atoms with Crippen LogP contribution in [0.4, 0.5) is 0 Å². The van der Waals surface area contributed by atoms with Gasteiger partial charge in [-0.25, -0.2) is 0 Å². The van der Waals surface area contributed by atoms with E-state index in [-0.39, 0.29) is 11.5 Å². The third-order valence-corrected chi connectivity index (χ3v) is 3.32. The molecule has 0 bridgehead atoms. The van der Waals surface area contributed by atoms with E-state index >= 15 is 0 Å². The van der Waals surface area contributed by atoms with Gasteiger partial charge in [0.2, 0.25) is 0 Å². The molecule has 0 aromatic carbocycles. The first-order chi connectivity index (χ1) is 9.55. The number of hydrogen-bond acceptors (Lipinski definition) is 5. The molecule has 0 atom stereocenters. The van der Waals surface area contributed by atoms with E-state index in [0.29, 0.717) is 18.1 Å². The van der Waals surface area contributed by atoms with Gasteiger partial charge in [-0.15, -0.1) is 11.8 Å². The maximum absolute atomic E-state index is 11.6. The molecular formula is C16H27NO3S. The van der Waals surface area contributed by atoms with E-state index in [2.05, 4.69) is 26.1 Å². The molecule has 1 N–H and O–H groups in total. The second-order valence-electron chi connectivity index (χ2n) is 7.05. The molecular weight excluding hydrogens is 286 g/mol. The monoisotopic (exact) mass is 313 g/mol. The van der Waals surface area contributed by atoms with Crippen molar-refractivity contribution < 1.29 is 13.9 Å². The molecule has 1 heterocycles. The third kappa shape index (κ3) is 8.83. The zero-order chi connectivity index (χ0) is 16.1. The van der Waals surface area contributed by atoms with Crippen LogP contribution in [0.2, 0.25) is 0 Å². The molecule has 0 aliphatic heterocycles. The molecule has 0 aliphatic rings. The van der Waals surface area contributed by atoms with Crippen molar-refractivity contribution in [2.45, 2.75) is 65.0 Å². The largest absolute Gasteiger partial charge is 0.464 e. The van der Waals surface area contributed by atoms with E-state index in [1.807, 2.05) is 32.9 Å². The minimum atomic E-state index is -0.422. The highest BCUT2D eigenvalue weighted by atomic mass is 32.2. The van der Waals surface area contributed by atoms with Crippen LogP contribution in [0.5, 0.6) is 0 Å². The fourth-order valence-electron chi connectivity index (χ4n) is 1.55. The van der Waals surface area contributed by atoms with Crippen molar-refractivity contribution in [1.82, 2.24) is 5.32 Å². The number of esters is 1. The molecule has 1 aromatic heterocycles. The van der Waals surface area contributed by atoms with Gasteiger partial charge in [-0.2, -0.15) is 0 Å². The normalized spacial score (nSPS) is 12.5. The van der Waals surface area contributed by atoms with Gasteiger partial charge in [0.05, 0.1) is 18.1 Å². The number of carbonyl (C=O) groups excluding carboxylic acids is 1. The number of thioether (sulfide) groups is 1. The van der Waals surface area contributed by atoms with Crippen molar-refractivity contribution in [3.05, 3.63) is 23.7 Å². The predicted octanol–water partition coefficient (Wildman–Crippen LogP) is 3.74. The Kier molecular flexibility index (Phi) is 6.35. The first-order valence-corrected chi connectivity index (χ1v) is 8.33. The molecule has 0 spiro atoms. The van der Waals surface area contributed by atoms with E-state index < -0.39 is 5.60 Å². The summed E-state index contributed by atoms with van der Waals surface area (Å²) in [6, 6.07) is 3.93. The van der Waals surface area contributed by atoms with Crippen LogP contribution in [-0.4, -0.2) is 22.9 Å². The summed E-state index contributed by atoms with van der Waals surface area (Å²) in [4.78, 5) is 11.6. The van der Waals surface area contributed by atoms with Crippen LogP contribution in [0.3, 0.4) is 0 Å². The Hall–Kier alpha value is -0.940. The van der Waals surface area contributed by atoms with E-state index in [1.54, 1.807) is 0 Å². The SMILES string of the molecule is CC(C)(C)NCc1ccc(CSCC(=O)OC(C)(C)C)o1. The van der Waals surface area contributed by atoms with Crippen LogP contribution in [0.15, 0.2) is 16.5 Å². The fourth-order valence-corrected chi connectivity index (χ4v) is 2.24. The standard InChI is InChI=1S/C16H27NO3S/c1-15(2,3)17-9-12-7-8-13(19-12)10-21-11-14(18)20-16(4,5)6/h7-8,17H,9-11H2,1-6H3. The number of carbonyl (C=O) groups is 1. The molecule has 0 aliphatic carbocycles. The molecule has 1 rings (SSSR count). The average molecular weight is 313 g/mol. The van der Waals surface area contributed by atoms with Crippen LogP contribution in [-0.2, 0) is 21.8 Å². The Morgan fingerprint density at radius 2 is 1.81 bits per heavy atom. The third-order valence-electron chi connectivity index (χ3n) is 2.39. The van der Waals surface area contributed by atoms with Crippen molar-refractivity contribution in [3.8, 4) is 0 Å². The van der Waals surface area contributed by atoms with Crippen molar-refractivity contribution in [2.75, 3.05) is 5.75 Å². The highest BCUT2D eigenvalue weighted by Gasteiger charge is 2.16. The maximum Gasteiger partial charge on any atom is 0.316 e. The lowest BCUT2D eigenvalue weighted by Crippen LogP contribution is -2.34. The van der Waals surface area contributed by atoms with Crippen LogP contribution in [0, 0.1) is 0 Å². The molecule has 0 unspecified atom stereocenters. The summed E-state index contributed by atoms with van der Waals surface area (Å²) in [7, 11) is 0. The lowest BCUT2D eigenvalue weighted by molar-refractivity contribution is -0.151. The molecule has 0 saturated carbocycles. The highest BCUT2D eigenvalue weighted by molar-refractivity contribution is 7.99. The minimum Gasteiger partial charge on any atom is -0.464 e. The van der Waals surface area contributed by atoms with Crippen molar-refractivity contribution >= 4 is 17.7 Å². The topological polar surface area (TPSA) is 51.5 Å². The van der Waals surface area contributed by atoms with Crippen LogP contribution >= 0.6 is 11.8 Å². The first kappa shape index (κ1) is 18.1. The van der Waals surface area contributed by atoms with E-state index in [4.69, 9.17) is 9.15 Å². The zero-order valence-corrected chi connectivity index (χ0v) is 14.7. The molecule has 4 nitrogen and oxygen atoms in total. The van der Waals surface area contributed by atoms with E-state index in [9.17, 15) is 4.79 Å². The lowest BCUT2D eigenvalue weighted by Gasteiger charge is -2.19. The Bertz CT molecular complexity index is 455. The summed E-state index contributed by atoms with van der Waals surface area (Å²) in [6.45, 7) is 12.7. The smallest absolute Gasteiger partial charge is 0.316 e. The second kappa shape index (κ2) is 7.36. The van der Waals surface area contributed by atoms with E-state index in [0.717, 1.165) is 11.5 Å². The Labute approximate surface area is 132 Å². The summed E-state index contributed by atoms with van der Waals surface area (Å²) in [5, 5.41) is 3.38. The predicted molar refractivity (Wildman–Crippen MR) is 87.3 cm³/mol. The summed E-state index contributed by atoms with van der Waals surface area (Å²) in [5.41, 5.74) is -0.355. The van der Waals surface area contributed by atoms with Gasteiger partial charge in [0.1, 0.15) is 17.1 Å². The molecule has 1 aromatic rings. The number of hydrogen-bond donors (Lipinski definition) is 1. The first-order valence-electron chi connectivity index (χ1n) is 7.17. The van der Waals surface area contributed by atoms with Gasteiger partial charge in [0.15, 0.2) is 0 Å². The van der Waals surface area contributed by atoms with Crippen LogP contribution in [0.25, 0.3) is 0 Å². The van der Waals surface area contributed by atoms with Crippen LogP contribution in [0.1, 0.15) is 53.1 Å². The summed E-state index contributed by atoms with van der Waals surface area (Å²) in [5.74, 6) is 2.63. The van der Waals surface area contributed by atoms with Gasteiger partial charge < -0.3 is 14.5 Å². The van der Waals surface area contributed by atoms with Gasteiger partial charge >= 0.3 is 5.97 Å². The minimum absolute atomic E-state index is 0.0679. The molecule has 21 heavy (non-hydrogen) atoms. The van der Waals surface area contributed by atoms with Crippen molar-refractivity contribution in [2.24, 2.45) is 0 Å². The van der Waals surface area contributed by atoms with Gasteiger partial charge in [-0.3, -0.25) is 4.79 Å². The number of furan rings is 1. The Morgan fingerprint density at radius 3 is 2.38 bits per heavy atom.